The van der Waals surface area contributed by atoms with Gasteiger partial charge in [0.1, 0.15) is 5.58 Å². The van der Waals surface area contributed by atoms with Crippen LogP contribution in [0.15, 0.2) is 80.4 Å². The van der Waals surface area contributed by atoms with E-state index in [9.17, 15) is 14.7 Å². The molecule has 1 N–H and O–H groups in total. The highest BCUT2D eigenvalue weighted by molar-refractivity contribution is 9.10. The number of nitrogens with zero attached hydrogens (tertiary/aromatic N) is 1. The van der Waals surface area contributed by atoms with Crippen molar-refractivity contribution >= 4 is 32.8 Å². The summed E-state index contributed by atoms with van der Waals surface area (Å²) in [6, 6.07) is 18.9. The van der Waals surface area contributed by atoms with Crippen molar-refractivity contribution in [2.24, 2.45) is 0 Å². The summed E-state index contributed by atoms with van der Waals surface area (Å²) in [5, 5.41) is 10.6. The maximum atomic E-state index is 13.6. The molecule has 1 aliphatic rings. The van der Waals surface area contributed by atoms with E-state index in [-0.39, 0.29) is 28.4 Å². The van der Waals surface area contributed by atoms with Crippen molar-refractivity contribution in [3.8, 4) is 11.5 Å². The molecule has 7 heteroatoms. The number of aromatic hydroxyl groups is 1. The van der Waals surface area contributed by atoms with Crippen LogP contribution in [0.2, 0.25) is 0 Å². The first kappa shape index (κ1) is 21.3. The lowest BCUT2D eigenvalue weighted by atomic mass is 9.97. The molecule has 1 aliphatic heterocycles. The molecule has 2 heterocycles. The Morgan fingerprint density at radius 1 is 1.06 bits per heavy atom. The molecule has 0 radical (unpaired) electrons. The Morgan fingerprint density at radius 3 is 2.61 bits per heavy atom. The van der Waals surface area contributed by atoms with Crippen LogP contribution in [0.25, 0.3) is 11.0 Å². The van der Waals surface area contributed by atoms with E-state index in [1.165, 1.54) is 6.07 Å². The molecule has 0 bridgehead atoms. The van der Waals surface area contributed by atoms with Crippen LogP contribution in [-0.2, 0) is 6.54 Å². The lowest BCUT2D eigenvalue weighted by Crippen LogP contribution is -2.29. The monoisotopic (exact) mass is 505 g/mol. The summed E-state index contributed by atoms with van der Waals surface area (Å²) in [5.74, 6) is -0.0219. The van der Waals surface area contributed by atoms with E-state index in [1.807, 2.05) is 37.3 Å². The van der Waals surface area contributed by atoms with E-state index in [0.717, 1.165) is 10.0 Å². The van der Waals surface area contributed by atoms with Crippen molar-refractivity contribution in [1.29, 1.82) is 0 Å². The topological polar surface area (TPSA) is 80.0 Å². The van der Waals surface area contributed by atoms with Gasteiger partial charge in [-0.05, 0) is 48.4 Å². The minimum Gasteiger partial charge on any atom is -0.504 e. The number of phenolic OH excluding ortho intramolecular Hbond substituents is 1. The summed E-state index contributed by atoms with van der Waals surface area (Å²) in [7, 11) is 0. The molecule has 4 aromatic rings. The van der Waals surface area contributed by atoms with Gasteiger partial charge >= 0.3 is 0 Å². The summed E-state index contributed by atoms with van der Waals surface area (Å²) in [6.07, 6.45) is 0. The maximum Gasteiger partial charge on any atom is 0.291 e. The highest BCUT2D eigenvalue weighted by atomic mass is 79.9. The Bertz CT molecular complexity index is 1430. The number of carbonyl (C=O) groups excluding carboxylic acids is 1. The molecule has 33 heavy (non-hydrogen) atoms. The molecular weight excluding hydrogens is 486 g/mol. The van der Waals surface area contributed by atoms with E-state index >= 15 is 0 Å². The maximum absolute atomic E-state index is 13.6. The third-order valence-electron chi connectivity index (χ3n) is 5.72. The number of benzene rings is 3. The Balaban J connectivity index is 1.74. The van der Waals surface area contributed by atoms with Gasteiger partial charge < -0.3 is 19.2 Å². The molecule has 0 unspecified atom stereocenters. The van der Waals surface area contributed by atoms with E-state index < -0.39 is 6.04 Å². The number of carbonyl (C=O) groups is 1. The summed E-state index contributed by atoms with van der Waals surface area (Å²) >= 11 is 3.41. The fraction of sp³-hybridized carbons (Fsp3) is 0.154. The Labute approximate surface area is 198 Å². The molecule has 5 rings (SSSR count). The second kappa shape index (κ2) is 8.41. The van der Waals surface area contributed by atoms with E-state index in [2.05, 4.69) is 15.9 Å². The van der Waals surface area contributed by atoms with Gasteiger partial charge in [0.15, 0.2) is 16.9 Å². The standard InChI is InChI=1S/C26H20BrNO5/c1-2-32-21-12-16(8-10-19(21)29)23-22-24(30)18-13-17(27)9-11-20(18)33-25(22)26(31)28(23)14-15-6-4-3-5-7-15/h3-13,23,29H,2,14H2,1H3/t23-/m0/s1. The van der Waals surface area contributed by atoms with Crippen molar-refractivity contribution in [2.75, 3.05) is 6.61 Å². The van der Waals surface area contributed by atoms with Gasteiger partial charge in [-0.2, -0.15) is 0 Å². The average Bonchev–Trinajstić information content (AvgIpc) is 3.08. The van der Waals surface area contributed by atoms with Gasteiger partial charge in [0.05, 0.1) is 23.6 Å². The quantitative estimate of drug-likeness (QED) is 0.392. The molecule has 0 spiro atoms. The number of rotatable bonds is 5. The SMILES string of the molecule is CCOc1cc([C@H]2c3c(oc4ccc(Br)cc4c3=O)C(=O)N2Cc2ccccc2)ccc1O. The minimum absolute atomic E-state index is 0.00534. The summed E-state index contributed by atoms with van der Waals surface area (Å²) < 4.78 is 12.3. The number of fused-ring (bicyclic) bond motifs is 2. The Morgan fingerprint density at radius 2 is 1.85 bits per heavy atom. The van der Waals surface area contributed by atoms with Crippen LogP contribution in [0.3, 0.4) is 0 Å². The summed E-state index contributed by atoms with van der Waals surface area (Å²) in [4.78, 5) is 28.8. The highest BCUT2D eigenvalue weighted by Gasteiger charge is 2.43. The van der Waals surface area contributed by atoms with Crippen molar-refractivity contribution in [1.82, 2.24) is 4.90 Å². The van der Waals surface area contributed by atoms with Crippen LogP contribution in [0, 0.1) is 0 Å². The fourth-order valence-corrected chi connectivity index (χ4v) is 4.62. The zero-order chi connectivity index (χ0) is 23.1. The lowest BCUT2D eigenvalue weighted by Gasteiger charge is -2.25. The van der Waals surface area contributed by atoms with Gasteiger partial charge in [0, 0.05) is 11.0 Å². The first-order chi connectivity index (χ1) is 16.0. The van der Waals surface area contributed by atoms with Crippen molar-refractivity contribution in [3.63, 3.8) is 0 Å². The predicted octanol–water partition coefficient (Wildman–Crippen LogP) is 5.41. The molecular formula is C26H20BrNO5. The molecule has 6 nitrogen and oxygen atoms in total. The van der Waals surface area contributed by atoms with Gasteiger partial charge in [-0.1, -0.05) is 52.3 Å². The number of halogens is 1. The Kier molecular flexibility index (Phi) is 5.42. The third-order valence-corrected chi connectivity index (χ3v) is 6.22. The molecule has 3 aromatic carbocycles. The summed E-state index contributed by atoms with van der Waals surface area (Å²) in [5.41, 5.74) is 1.96. The molecule has 1 aromatic heterocycles. The van der Waals surface area contributed by atoms with Gasteiger partial charge in [-0.25, -0.2) is 0 Å². The van der Waals surface area contributed by atoms with E-state index in [4.69, 9.17) is 9.15 Å². The molecule has 1 amide bonds. The molecule has 0 saturated heterocycles. The Hall–Kier alpha value is -3.58. The fourth-order valence-electron chi connectivity index (χ4n) is 4.25. The largest absolute Gasteiger partial charge is 0.504 e. The predicted molar refractivity (Wildman–Crippen MR) is 128 cm³/mol. The molecule has 0 fully saturated rings. The lowest BCUT2D eigenvalue weighted by molar-refractivity contribution is 0.0714. The van der Waals surface area contributed by atoms with Crippen LogP contribution in [0.1, 0.15) is 40.2 Å². The van der Waals surface area contributed by atoms with E-state index in [1.54, 1.807) is 35.2 Å². The van der Waals surface area contributed by atoms with Crippen LogP contribution in [-0.4, -0.2) is 22.5 Å². The van der Waals surface area contributed by atoms with Crippen LogP contribution >= 0.6 is 15.9 Å². The molecule has 0 saturated carbocycles. The van der Waals surface area contributed by atoms with Gasteiger partial charge in [0.2, 0.25) is 5.76 Å². The molecule has 1 atom stereocenters. The number of ether oxygens (including phenoxy) is 1. The highest BCUT2D eigenvalue weighted by Crippen LogP contribution is 2.41. The zero-order valence-electron chi connectivity index (χ0n) is 17.7. The van der Waals surface area contributed by atoms with Crippen molar-refractivity contribution < 1.29 is 19.1 Å². The zero-order valence-corrected chi connectivity index (χ0v) is 19.3. The first-order valence-corrected chi connectivity index (χ1v) is 11.3. The van der Waals surface area contributed by atoms with Gasteiger partial charge in [-0.15, -0.1) is 0 Å². The number of phenols is 1. The van der Waals surface area contributed by atoms with Crippen molar-refractivity contribution in [3.05, 3.63) is 104 Å². The number of hydrogen-bond donors (Lipinski definition) is 1. The molecule has 0 aliphatic carbocycles. The van der Waals surface area contributed by atoms with Gasteiger partial charge in [-0.3, -0.25) is 9.59 Å². The van der Waals surface area contributed by atoms with Gasteiger partial charge in [0.25, 0.3) is 5.91 Å². The van der Waals surface area contributed by atoms with Crippen molar-refractivity contribution in [2.45, 2.75) is 19.5 Å². The second-order valence-electron chi connectivity index (χ2n) is 7.80. The van der Waals surface area contributed by atoms with E-state index in [0.29, 0.717) is 35.4 Å². The van der Waals surface area contributed by atoms with Crippen LogP contribution < -0.4 is 10.2 Å². The van der Waals surface area contributed by atoms with Crippen LogP contribution in [0.5, 0.6) is 11.5 Å². The van der Waals surface area contributed by atoms with Crippen LogP contribution in [0.4, 0.5) is 0 Å². The molecule has 166 valence electrons. The number of hydrogen-bond acceptors (Lipinski definition) is 5. The minimum atomic E-state index is -0.688. The second-order valence-corrected chi connectivity index (χ2v) is 8.71. The number of amides is 1. The first-order valence-electron chi connectivity index (χ1n) is 10.5. The normalized spacial score (nSPS) is 15.2. The average molecular weight is 506 g/mol. The third kappa shape index (κ3) is 3.68. The summed E-state index contributed by atoms with van der Waals surface area (Å²) in [6.45, 7) is 2.48. The smallest absolute Gasteiger partial charge is 0.291 e.